The zero-order valence-electron chi connectivity index (χ0n) is 19.1. The number of nitrogens with one attached hydrogen (secondary N) is 2. The van der Waals surface area contributed by atoms with Crippen LogP contribution < -0.4 is 15.4 Å². The number of ether oxygens (including phenoxy) is 1. The van der Waals surface area contributed by atoms with Gasteiger partial charge >= 0.3 is 0 Å². The largest absolute Gasteiger partial charge is 0.508 e. The van der Waals surface area contributed by atoms with Gasteiger partial charge in [-0.25, -0.2) is 4.98 Å². The van der Waals surface area contributed by atoms with Crippen molar-refractivity contribution in [2.24, 2.45) is 0 Å². The Morgan fingerprint density at radius 2 is 1.94 bits per heavy atom. The molecular formula is C25H29N5O3. The predicted octanol–water partition coefficient (Wildman–Crippen LogP) is 4.30. The van der Waals surface area contributed by atoms with Crippen LogP contribution in [0.25, 0.3) is 0 Å². The molecule has 172 valence electrons. The molecule has 2 aromatic carbocycles. The summed E-state index contributed by atoms with van der Waals surface area (Å²) < 4.78 is 5.33. The Balaban J connectivity index is 1.47. The Bertz CT molecular complexity index is 1140. The Morgan fingerprint density at radius 3 is 2.64 bits per heavy atom. The van der Waals surface area contributed by atoms with Crippen molar-refractivity contribution in [1.29, 1.82) is 0 Å². The van der Waals surface area contributed by atoms with Crippen molar-refractivity contribution in [3.8, 4) is 11.6 Å². The van der Waals surface area contributed by atoms with Crippen LogP contribution in [0.2, 0.25) is 0 Å². The van der Waals surface area contributed by atoms with Crippen LogP contribution in [0, 0.1) is 6.92 Å². The lowest BCUT2D eigenvalue weighted by molar-refractivity contribution is 0.102. The minimum Gasteiger partial charge on any atom is -0.508 e. The van der Waals surface area contributed by atoms with E-state index in [0.717, 1.165) is 18.8 Å². The predicted molar refractivity (Wildman–Crippen MR) is 129 cm³/mol. The molecule has 3 N–H and O–H groups in total. The third-order valence-corrected chi connectivity index (χ3v) is 5.98. The van der Waals surface area contributed by atoms with Crippen LogP contribution in [0.4, 0.5) is 17.3 Å². The molecule has 0 unspecified atom stereocenters. The van der Waals surface area contributed by atoms with E-state index in [0.29, 0.717) is 17.6 Å². The van der Waals surface area contributed by atoms with Crippen LogP contribution in [0.15, 0.2) is 48.7 Å². The van der Waals surface area contributed by atoms with E-state index in [2.05, 4.69) is 51.6 Å². The van der Waals surface area contributed by atoms with Gasteiger partial charge in [-0.2, -0.15) is 4.98 Å². The van der Waals surface area contributed by atoms with Crippen molar-refractivity contribution >= 4 is 23.2 Å². The monoisotopic (exact) mass is 447 g/mol. The van der Waals surface area contributed by atoms with Crippen molar-refractivity contribution in [1.82, 2.24) is 14.9 Å². The third kappa shape index (κ3) is 5.40. The molecule has 1 aliphatic heterocycles. The van der Waals surface area contributed by atoms with Gasteiger partial charge in [0, 0.05) is 23.6 Å². The molecule has 0 radical (unpaired) electrons. The maximum Gasteiger partial charge on any atom is 0.262 e. The number of phenols is 1. The van der Waals surface area contributed by atoms with E-state index < -0.39 is 5.91 Å². The summed E-state index contributed by atoms with van der Waals surface area (Å²) in [6, 6.07) is 12.6. The highest BCUT2D eigenvalue weighted by Gasteiger charge is 2.20. The molecular weight excluding hydrogens is 418 g/mol. The second-order valence-electron chi connectivity index (χ2n) is 8.39. The number of hydrogen-bond donors (Lipinski definition) is 3. The number of aromatic hydroxyl groups is 1. The molecule has 1 amide bonds. The fraction of sp³-hybridized carbons (Fsp3) is 0.320. The first-order valence-corrected chi connectivity index (χ1v) is 11.0. The molecule has 0 saturated carbocycles. The topological polar surface area (TPSA) is 99.6 Å². The average molecular weight is 448 g/mol. The molecule has 1 saturated heterocycles. The van der Waals surface area contributed by atoms with Crippen molar-refractivity contribution in [2.45, 2.75) is 25.7 Å². The SMILES string of the molecule is COc1nc(Nc2ccc(C3CCN(C)CC3)c(C)c2)ncc1C(=O)Nc1cccc(O)c1. The molecule has 8 heteroatoms. The number of aromatic nitrogens is 2. The van der Waals surface area contributed by atoms with Gasteiger partial charge in [0.2, 0.25) is 11.8 Å². The average Bonchev–Trinajstić information content (AvgIpc) is 2.80. The second kappa shape index (κ2) is 9.87. The highest BCUT2D eigenvalue weighted by molar-refractivity contribution is 6.05. The standard InChI is InChI=1S/C25H29N5O3/c1-16-13-19(7-8-21(16)17-9-11-30(2)12-10-17)28-25-26-15-22(24(29-25)33-3)23(32)27-18-5-4-6-20(31)14-18/h4-8,13-15,17,31H,9-12H2,1-3H3,(H,27,32)(H,26,28,29). The number of nitrogens with zero attached hydrogens (tertiary/aromatic N) is 3. The summed E-state index contributed by atoms with van der Waals surface area (Å²) in [6.07, 6.45) is 3.78. The van der Waals surface area contributed by atoms with Gasteiger partial charge in [-0.3, -0.25) is 4.79 Å². The number of amides is 1. The number of carbonyl (C=O) groups excluding carboxylic acids is 1. The zero-order chi connectivity index (χ0) is 23.4. The molecule has 3 aromatic rings. The lowest BCUT2D eigenvalue weighted by atomic mass is 9.87. The number of benzene rings is 2. The van der Waals surface area contributed by atoms with E-state index in [1.54, 1.807) is 12.1 Å². The first kappa shape index (κ1) is 22.5. The van der Waals surface area contributed by atoms with Crippen LogP contribution in [0.3, 0.4) is 0 Å². The zero-order valence-corrected chi connectivity index (χ0v) is 19.1. The normalized spacial score (nSPS) is 14.6. The number of methoxy groups -OCH3 is 1. The van der Waals surface area contributed by atoms with E-state index in [1.807, 2.05) is 6.07 Å². The van der Waals surface area contributed by atoms with E-state index in [9.17, 15) is 9.90 Å². The van der Waals surface area contributed by atoms with Crippen LogP contribution in [0.1, 0.15) is 40.2 Å². The van der Waals surface area contributed by atoms with Crippen LogP contribution in [0.5, 0.6) is 11.6 Å². The van der Waals surface area contributed by atoms with Gasteiger partial charge < -0.3 is 25.4 Å². The number of anilines is 3. The maximum atomic E-state index is 12.7. The molecule has 1 aromatic heterocycles. The lowest BCUT2D eigenvalue weighted by Crippen LogP contribution is -2.29. The summed E-state index contributed by atoms with van der Waals surface area (Å²) in [4.78, 5) is 23.7. The minimum absolute atomic E-state index is 0.0627. The molecule has 8 nitrogen and oxygen atoms in total. The summed E-state index contributed by atoms with van der Waals surface area (Å²) in [7, 11) is 3.63. The van der Waals surface area contributed by atoms with Gasteiger partial charge in [0.25, 0.3) is 5.91 Å². The number of aryl methyl sites for hydroxylation is 1. The Kier molecular flexibility index (Phi) is 6.74. The summed E-state index contributed by atoms with van der Waals surface area (Å²) in [5.74, 6) is 0.725. The van der Waals surface area contributed by atoms with Crippen molar-refractivity contribution in [2.75, 3.05) is 37.9 Å². The number of hydrogen-bond acceptors (Lipinski definition) is 7. The minimum atomic E-state index is -0.428. The van der Waals surface area contributed by atoms with Gasteiger partial charge in [-0.05, 0) is 81.2 Å². The summed E-state index contributed by atoms with van der Waals surface area (Å²) in [5, 5.41) is 15.5. The van der Waals surface area contributed by atoms with Gasteiger partial charge in [0.05, 0.1) is 7.11 Å². The Labute approximate surface area is 193 Å². The molecule has 0 spiro atoms. The molecule has 0 bridgehead atoms. The number of carbonyl (C=O) groups is 1. The molecule has 1 aliphatic rings. The van der Waals surface area contributed by atoms with Crippen molar-refractivity contribution in [3.05, 3.63) is 65.4 Å². The summed E-state index contributed by atoms with van der Waals surface area (Å²) in [6.45, 7) is 4.39. The number of likely N-dealkylation sites (tertiary alicyclic amines) is 1. The van der Waals surface area contributed by atoms with Gasteiger partial charge in [-0.1, -0.05) is 12.1 Å². The van der Waals surface area contributed by atoms with Gasteiger partial charge in [0.1, 0.15) is 11.3 Å². The summed E-state index contributed by atoms with van der Waals surface area (Å²) in [5.41, 5.74) is 4.17. The van der Waals surface area contributed by atoms with E-state index in [-0.39, 0.29) is 17.2 Å². The van der Waals surface area contributed by atoms with E-state index >= 15 is 0 Å². The quantitative estimate of drug-likeness (QED) is 0.518. The molecule has 4 rings (SSSR count). The Hall–Kier alpha value is -3.65. The van der Waals surface area contributed by atoms with Crippen molar-refractivity contribution in [3.63, 3.8) is 0 Å². The van der Waals surface area contributed by atoms with Gasteiger partial charge in [0.15, 0.2) is 0 Å². The molecule has 33 heavy (non-hydrogen) atoms. The van der Waals surface area contributed by atoms with E-state index in [1.165, 1.54) is 49.4 Å². The highest BCUT2D eigenvalue weighted by Crippen LogP contribution is 2.31. The summed E-state index contributed by atoms with van der Waals surface area (Å²) >= 11 is 0. The Morgan fingerprint density at radius 1 is 1.15 bits per heavy atom. The van der Waals surface area contributed by atoms with Gasteiger partial charge in [-0.15, -0.1) is 0 Å². The number of phenolic OH excluding ortho intramolecular Hbond substituents is 1. The molecule has 2 heterocycles. The lowest BCUT2D eigenvalue weighted by Gasteiger charge is -2.30. The second-order valence-corrected chi connectivity index (χ2v) is 8.39. The smallest absolute Gasteiger partial charge is 0.262 e. The molecule has 0 aliphatic carbocycles. The van der Waals surface area contributed by atoms with Crippen LogP contribution >= 0.6 is 0 Å². The first-order chi connectivity index (χ1) is 15.9. The van der Waals surface area contributed by atoms with Crippen molar-refractivity contribution < 1.29 is 14.6 Å². The number of rotatable bonds is 6. The van der Waals surface area contributed by atoms with E-state index in [4.69, 9.17) is 4.74 Å². The first-order valence-electron chi connectivity index (χ1n) is 11.0. The number of piperidine rings is 1. The van der Waals surface area contributed by atoms with Crippen LogP contribution in [-0.2, 0) is 0 Å². The fourth-order valence-electron chi connectivity index (χ4n) is 4.18. The third-order valence-electron chi connectivity index (χ3n) is 5.98. The van der Waals surface area contributed by atoms with Crippen LogP contribution in [-0.4, -0.2) is 53.1 Å². The molecule has 1 fully saturated rings. The molecule has 0 atom stereocenters. The highest BCUT2D eigenvalue weighted by atomic mass is 16.5. The maximum absolute atomic E-state index is 12.7. The fourth-order valence-corrected chi connectivity index (χ4v) is 4.18.